The number of sulfone groups is 1. The fourth-order valence-electron chi connectivity index (χ4n) is 1.89. The van der Waals surface area contributed by atoms with Gasteiger partial charge < -0.3 is 5.32 Å². The lowest BCUT2D eigenvalue weighted by molar-refractivity contribution is 0.408. The summed E-state index contributed by atoms with van der Waals surface area (Å²) in [5.74, 6) is 1.31. The first-order valence-electron chi connectivity index (χ1n) is 5.65. The maximum atomic E-state index is 11.2. The summed E-state index contributed by atoms with van der Waals surface area (Å²) in [4.78, 5) is 0. The number of rotatable bonds is 5. The fourth-order valence-corrected chi connectivity index (χ4v) is 4.06. The second kappa shape index (κ2) is 6.12. The lowest BCUT2D eigenvalue weighted by Crippen LogP contribution is -2.42. The standard InChI is InChI=1S/C10H21NO3S2/c1-9(3-6-15(2)12)11-10-4-7-16(13,14)8-5-10/h9-11H,3-8H2,1-2H3. The molecule has 0 radical (unpaired) electrons. The van der Waals surface area contributed by atoms with Crippen LogP contribution in [-0.4, -0.2) is 48.2 Å². The van der Waals surface area contributed by atoms with E-state index in [4.69, 9.17) is 0 Å². The van der Waals surface area contributed by atoms with E-state index in [1.54, 1.807) is 6.26 Å². The molecule has 0 amide bonds. The maximum absolute atomic E-state index is 11.2. The van der Waals surface area contributed by atoms with E-state index in [1.165, 1.54) is 0 Å². The van der Waals surface area contributed by atoms with Gasteiger partial charge in [-0.1, -0.05) is 0 Å². The lowest BCUT2D eigenvalue weighted by Gasteiger charge is -2.26. The Balaban J connectivity index is 2.25. The van der Waals surface area contributed by atoms with Crippen molar-refractivity contribution in [1.82, 2.24) is 5.32 Å². The molecule has 1 rings (SSSR count). The quantitative estimate of drug-likeness (QED) is 0.779. The van der Waals surface area contributed by atoms with Gasteiger partial charge in [-0.15, -0.1) is 0 Å². The second-order valence-electron chi connectivity index (χ2n) is 4.56. The van der Waals surface area contributed by atoms with Gasteiger partial charge in [0, 0.05) is 34.9 Å². The molecule has 0 aromatic carbocycles. The largest absolute Gasteiger partial charge is 0.311 e. The molecule has 0 saturated carbocycles. The Hall–Kier alpha value is 0.0600. The second-order valence-corrected chi connectivity index (χ2v) is 8.42. The zero-order valence-corrected chi connectivity index (χ0v) is 11.6. The number of hydrogen-bond donors (Lipinski definition) is 1. The van der Waals surface area contributed by atoms with Crippen molar-refractivity contribution in [3.8, 4) is 0 Å². The summed E-state index contributed by atoms with van der Waals surface area (Å²) >= 11 is 0. The monoisotopic (exact) mass is 267 g/mol. The highest BCUT2D eigenvalue weighted by Crippen LogP contribution is 2.13. The van der Waals surface area contributed by atoms with Crippen molar-refractivity contribution in [3.63, 3.8) is 0 Å². The SMILES string of the molecule is CC(CCS(C)=O)NC1CCS(=O)(=O)CC1. The first-order chi connectivity index (χ1) is 7.39. The average molecular weight is 267 g/mol. The van der Waals surface area contributed by atoms with Crippen LogP contribution < -0.4 is 5.32 Å². The molecule has 1 heterocycles. The molecule has 0 aromatic rings. The zero-order valence-electron chi connectivity index (χ0n) is 9.94. The molecular formula is C10H21NO3S2. The van der Waals surface area contributed by atoms with Crippen LogP contribution in [0.4, 0.5) is 0 Å². The summed E-state index contributed by atoms with van der Waals surface area (Å²) in [5, 5.41) is 3.41. The minimum absolute atomic E-state index is 0.303. The Morgan fingerprint density at radius 3 is 2.44 bits per heavy atom. The summed E-state index contributed by atoms with van der Waals surface area (Å²) in [6, 6.07) is 0.624. The van der Waals surface area contributed by atoms with E-state index < -0.39 is 20.6 Å². The van der Waals surface area contributed by atoms with Gasteiger partial charge in [0.15, 0.2) is 0 Å². The minimum Gasteiger partial charge on any atom is -0.311 e. The molecule has 1 N–H and O–H groups in total. The van der Waals surface area contributed by atoms with Crippen LogP contribution in [0.1, 0.15) is 26.2 Å². The lowest BCUT2D eigenvalue weighted by atomic mass is 10.1. The van der Waals surface area contributed by atoms with Gasteiger partial charge in [0.2, 0.25) is 0 Å². The van der Waals surface area contributed by atoms with Gasteiger partial charge in [-0.3, -0.25) is 4.21 Å². The first-order valence-corrected chi connectivity index (χ1v) is 9.20. The van der Waals surface area contributed by atoms with E-state index in [9.17, 15) is 12.6 Å². The molecule has 0 bridgehead atoms. The molecule has 1 saturated heterocycles. The van der Waals surface area contributed by atoms with Gasteiger partial charge in [-0.25, -0.2) is 8.42 Å². The van der Waals surface area contributed by atoms with Crippen molar-refractivity contribution < 1.29 is 12.6 Å². The van der Waals surface area contributed by atoms with Gasteiger partial charge >= 0.3 is 0 Å². The molecule has 2 unspecified atom stereocenters. The Kier molecular flexibility index (Phi) is 5.40. The normalized spacial score (nSPS) is 25.1. The Labute approximate surface area is 101 Å². The number of nitrogens with one attached hydrogen (secondary N) is 1. The van der Waals surface area contributed by atoms with E-state index in [1.807, 2.05) is 0 Å². The van der Waals surface area contributed by atoms with Crippen molar-refractivity contribution in [2.45, 2.75) is 38.3 Å². The molecule has 4 nitrogen and oxygen atoms in total. The van der Waals surface area contributed by atoms with Crippen LogP contribution in [0.3, 0.4) is 0 Å². The van der Waals surface area contributed by atoms with Crippen molar-refractivity contribution in [2.24, 2.45) is 0 Å². The molecule has 1 aliphatic heterocycles. The third-order valence-corrected chi connectivity index (χ3v) is 5.44. The van der Waals surface area contributed by atoms with Gasteiger partial charge in [0.25, 0.3) is 0 Å². The highest BCUT2D eigenvalue weighted by molar-refractivity contribution is 7.91. The van der Waals surface area contributed by atoms with Crippen LogP contribution >= 0.6 is 0 Å². The Morgan fingerprint density at radius 1 is 1.38 bits per heavy atom. The highest BCUT2D eigenvalue weighted by Gasteiger charge is 2.24. The molecular weight excluding hydrogens is 246 g/mol. The molecule has 2 atom stereocenters. The summed E-state index contributed by atoms with van der Waals surface area (Å²) < 4.78 is 33.4. The Morgan fingerprint density at radius 2 is 1.94 bits per heavy atom. The molecule has 16 heavy (non-hydrogen) atoms. The van der Waals surface area contributed by atoms with Crippen molar-refractivity contribution in [1.29, 1.82) is 0 Å². The van der Waals surface area contributed by atoms with Crippen molar-refractivity contribution >= 4 is 20.6 Å². The van der Waals surface area contributed by atoms with Gasteiger partial charge in [0.1, 0.15) is 9.84 Å². The van der Waals surface area contributed by atoms with Crippen molar-refractivity contribution in [3.05, 3.63) is 0 Å². The molecule has 0 aliphatic carbocycles. The average Bonchev–Trinajstić information content (AvgIpc) is 2.18. The predicted molar refractivity (Wildman–Crippen MR) is 67.8 cm³/mol. The van der Waals surface area contributed by atoms with Crippen LogP contribution in [0.15, 0.2) is 0 Å². The molecule has 96 valence electrons. The summed E-state index contributed by atoms with van der Waals surface area (Å²) in [5.41, 5.74) is 0. The minimum atomic E-state index is -2.77. The highest BCUT2D eigenvalue weighted by atomic mass is 32.2. The molecule has 6 heteroatoms. The van der Waals surface area contributed by atoms with E-state index in [0.29, 0.717) is 42.2 Å². The van der Waals surface area contributed by atoms with Crippen LogP contribution in [0.2, 0.25) is 0 Å². The molecule has 0 spiro atoms. The third-order valence-electron chi connectivity index (χ3n) is 2.91. The van der Waals surface area contributed by atoms with Gasteiger partial charge in [-0.2, -0.15) is 0 Å². The van der Waals surface area contributed by atoms with E-state index in [-0.39, 0.29) is 0 Å². The van der Waals surface area contributed by atoms with Crippen LogP contribution in [0.25, 0.3) is 0 Å². The van der Waals surface area contributed by atoms with E-state index in [0.717, 1.165) is 6.42 Å². The van der Waals surface area contributed by atoms with Crippen LogP contribution in [0.5, 0.6) is 0 Å². The topological polar surface area (TPSA) is 63.2 Å². The number of hydrogen-bond acceptors (Lipinski definition) is 4. The summed E-state index contributed by atoms with van der Waals surface area (Å²) in [7, 11) is -3.51. The van der Waals surface area contributed by atoms with Crippen LogP contribution in [0, 0.1) is 0 Å². The maximum Gasteiger partial charge on any atom is 0.150 e. The predicted octanol–water partition coefficient (Wildman–Crippen LogP) is 0.310. The first kappa shape index (κ1) is 14.1. The molecule has 0 aromatic heterocycles. The third kappa shape index (κ3) is 5.41. The van der Waals surface area contributed by atoms with E-state index >= 15 is 0 Å². The summed E-state index contributed by atoms with van der Waals surface area (Å²) in [6.07, 6.45) is 4.01. The van der Waals surface area contributed by atoms with Gasteiger partial charge in [-0.05, 0) is 26.2 Å². The Bertz CT molecular complexity index is 326. The van der Waals surface area contributed by atoms with Crippen molar-refractivity contribution in [2.75, 3.05) is 23.5 Å². The van der Waals surface area contributed by atoms with Crippen LogP contribution in [-0.2, 0) is 20.6 Å². The van der Waals surface area contributed by atoms with E-state index in [2.05, 4.69) is 12.2 Å². The van der Waals surface area contributed by atoms with Gasteiger partial charge in [0.05, 0.1) is 11.5 Å². The summed E-state index contributed by atoms with van der Waals surface area (Å²) in [6.45, 7) is 2.07. The zero-order chi connectivity index (χ0) is 12.2. The molecule has 1 aliphatic rings. The molecule has 1 fully saturated rings. The fraction of sp³-hybridized carbons (Fsp3) is 1.00. The smallest absolute Gasteiger partial charge is 0.150 e.